The summed E-state index contributed by atoms with van der Waals surface area (Å²) >= 11 is 0. The molecule has 2 rings (SSSR count). The van der Waals surface area contributed by atoms with E-state index in [0.717, 1.165) is 0 Å². The topological polar surface area (TPSA) is 76.8 Å². The second kappa shape index (κ2) is 5.34. The van der Waals surface area contributed by atoms with Crippen LogP contribution in [-0.4, -0.2) is 37.7 Å². The van der Waals surface area contributed by atoms with E-state index in [1.807, 2.05) is 0 Å². The molecule has 1 unspecified atom stereocenters. The van der Waals surface area contributed by atoms with Gasteiger partial charge in [-0.05, 0) is 20.3 Å². The molecule has 19 heavy (non-hydrogen) atoms. The molecule has 0 aromatic carbocycles. The highest BCUT2D eigenvalue weighted by Gasteiger charge is 2.31. The molecule has 7 heteroatoms. The molecule has 0 N–H and O–H groups in total. The van der Waals surface area contributed by atoms with Gasteiger partial charge in [0.25, 0.3) is 0 Å². The van der Waals surface area contributed by atoms with Crippen LogP contribution in [0.4, 0.5) is 0 Å². The van der Waals surface area contributed by atoms with Gasteiger partial charge in [0.05, 0.1) is 18.4 Å². The Morgan fingerprint density at radius 2 is 2.21 bits per heavy atom. The number of nitrogens with zero attached hydrogens (tertiary/aromatic N) is 1. The molecular formula is C12H17NO5S. The predicted octanol–water partition coefficient (Wildman–Crippen LogP) is 0.751. The van der Waals surface area contributed by atoms with Crippen molar-refractivity contribution < 1.29 is 17.6 Å². The molecule has 0 aliphatic carbocycles. The second-order valence-electron chi connectivity index (χ2n) is 4.51. The Morgan fingerprint density at radius 3 is 2.84 bits per heavy atom. The molecule has 1 saturated heterocycles. The van der Waals surface area contributed by atoms with Gasteiger partial charge in [-0.15, -0.1) is 0 Å². The first-order valence-corrected chi connectivity index (χ1v) is 7.78. The van der Waals surface area contributed by atoms with E-state index in [1.165, 1.54) is 10.4 Å². The lowest BCUT2D eigenvalue weighted by atomic mass is 10.3. The first kappa shape index (κ1) is 14.1. The van der Waals surface area contributed by atoms with Crippen molar-refractivity contribution >= 4 is 10.0 Å². The van der Waals surface area contributed by atoms with E-state index >= 15 is 0 Å². The number of hydrogen-bond donors (Lipinski definition) is 0. The Kier molecular flexibility index (Phi) is 3.96. The third-order valence-electron chi connectivity index (χ3n) is 3.04. The molecule has 1 aromatic heterocycles. The van der Waals surface area contributed by atoms with Crippen LogP contribution in [-0.2, 0) is 10.0 Å². The molecule has 1 aliphatic rings. The largest absolute Gasteiger partial charge is 0.489 e. The Balaban J connectivity index is 2.04. The van der Waals surface area contributed by atoms with Gasteiger partial charge in [0.2, 0.25) is 10.0 Å². The number of rotatable bonds is 4. The van der Waals surface area contributed by atoms with Crippen molar-refractivity contribution in [2.45, 2.75) is 26.4 Å². The SMILES string of the molecule is CCS(=O)(=O)N1CCC(Oc2cc(C)oc(=O)c2)C1. The Hall–Kier alpha value is -1.34. The van der Waals surface area contributed by atoms with Gasteiger partial charge in [-0.2, -0.15) is 4.31 Å². The zero-order valence-electron chi connectivity index (χ0n) is 11.0. The minimum atomic E-state index is -3.17. The normalized spacial score (nSPS) is 20.6. The van der Waals surface area contributed by atoms with Crippen molar-refractivity contribution in [2.24, 2.45) is 0 Å². The van der Waals surface area contributed by atoms with Crippen molar-refractivity contribution in [2.75, 3.05) is 18.8 Å². The summed E-state index contributed by atoms with van der Waals surface area (Å²) in [4.78, 5) is 11.2. The smallest absolute Gasteiger partial charge is 0.339 e. The van der Waals surface area contributed by atoms with Gasteiger partial charge in [-0.3, -0.25) is 0 Å². The van der Waals surface area contributed by atoms with Gasteiger partial charge >= 0.3 is 5.63 Å². The fourth-order valence-electron chi connectivity index (χ4n) is 2.07. The monoisotopic (exact) mass is 287 g/mol. The molecule has 0 bridgehead atoms. The molecule has 2 heterocycles. The lowest BCUT2D eigenvalue weighted by Crippen LogP contribution is -2.32. The third-order valence-corrected chi connectivity index (χ3v) is 4.88. The number of aryl methyl sites for hydroxylation is 1. The van der Waals surface area contributed by atoms with E-state index in [9.17, 15) is 13.2 Å². The second-order valence-corrected chi connectivity index (χ2v) is 6.77. The van der Waals surface area contributed by atoms with Crippen LogP contribution in [0.2, 0.25) is 0 Å². The van der Waals surface area contributed by atoms with Crippen LogP contribution in [0.1, 0.15) is 19.1 Å². The summed E-state index contributed by atoms with van der Waals surface area (Å²) in [7, 11) is -3.17. The van der Waals surface area contributed by atoms with Crippen LogP contribution >= 0.6 is 0 Å². The molecular weight excluding hydrogens is 270 g/mol. The summed E-state index contributed by atoms with van der Waals surface area (Å²) in [5.74, 6) is 0.987. The van der Waals surface area contributed by atoms with Gasteiger partial charge in [-0.25, -0.2) is 13.2 Å². The molecule has 6 nitrogen and oxygen atoms in total. The zero-order chi connectivity index (χ0) is 14.0. The molecule has 1 aliphatic heterocycles. The van der Waals surface area contributed by atoms with Crippen molar-refractivity contribution in [3.05, 3.63) is 28.3 Å². The zero-order valence-corrected chi connectivity index (χ0v) is 11.8. The molecule has 106 valence electrons. The van der Waals surface area contributed by atoms with E-state index in [2.05, 4.69) is 0 Å². The standard InChI is InChI=1S/C12H17NO5S/c1-3-19(15,16)13-5-4-10(8-13)18-11-6-9(2)17-12(14)7-11/h6-7,10H,3-5,8H2,1-2H3. The van der Waals surface area contributed by atoms with Gasteiger partial charge < -0.3 is 9.15 Å². The average molecular weight is 287 g/mol. The summed E-state index contributed by atoms with van der Waals surface area (Å²) in [6, 6.07) is 2.89. The lowest BCUT2D eigenvalue weighted by molar-refractivity contribution is 0.213. The van der Waals surface area contributed by atoms with Crippen LogP contribution in [0.25, 0.3) is 0 Å². The maximum Gasteiger partial charge on any atom is 0.339 e. The first-order chi connectivity index (χ1) is 8.90. The van der Waals surface area contributed by atoms with Crippen molar-refractivity contribution in [3.63, 3.8) is 0 Å². The van der Waals surface area contributed by atoms with Gasteiger partial charge in [0.1, 0.15) is 17.6 Å². The average Bonchev–Trinajstić information content (AvgIpc) is 2.77. The Labute approximate surface area is 112 Å². The van der Waals surface area contributed by atoms with E-state index in [-0.39, 0.29) is 11.9 Å². The fraction of sp³-hybridized carbons (Fsp3) is 0.583. The maximum absolute atomic E-state index is 11.7. The quantitative estimate of drug-likeness (QED) is 0.816. The molecule has 0 amide bonds. The van der Waals surface area contributed by atoms with E-state index < -0.39 is 15.6 Å². The van der Waals surface area contributed by atoms with E-state index in [4.69, 9.17) is 9.15 Å². The summed E-state index contributed by atoms with van der Waals surface area (Å²) in [6.07, 6.45) is 0.404. The highest BCUT2D eigenvalue weighted by atomic mass is 32.2. The molecule has 1 atom stereocenters. The summed E-state index contributed by atoms with van der Waals surface area (Å²) in [5, 5.41) is 0. The van der Waals surface area contributed by atoms with Crippen molar-refractivity contribution in [1.82, 2.24) is 4.31 Å². The fourth-order valence-corrected chi connectivity index (χ4v) is 3.21. The molecule has 1 aromatic rings. The summed E-state index contributed by atoms with van der Waals surface area (Å²) in [5.41, 5.74) is -0.467. The van der Waals surface area contributed by atoms with Crippen molar-refractivity contribution in [1.29, 1.82) is 0 Å². The highest BCUT2D eigenvalue weighted by Crippen LogP contribution is 2.20. The van der Waals surface area contributed by atoms with Crippen LogP contribution in [0.3, 0.4) is 0 Å². The van der Waals surface area contributed by atoms with Crippen molar-refractivity contribution in [3.8, 4) is 5.75 Å². The lowest BCUT2D eigenvalue weighted by Gasteiger charge is -2.16. The Morgan fingerprint density at radius 1 is 1.47 bits per heavy atom. The number of ether oxygens (including phenoxy) is 1. The minimum Gasteiger partial charge on any atom is -0.489 e. The summed E-state index contributed by atoms with van der Waals surface area (Å²) < 4.78 is 35.3. The Bertz CT molecular complexity index is 607. The molecule has 0 saturated carbocycles. The highest BCUT2D eigenvalue weighted by molar-refractivity contribution is 7.89. The third kappa shape index (κ3) is 3.36. The molecule has 1 fully saturated rings. The van der Waals surface area contributed by atoms with Gasteiger partial charge in [-0.1, -0.05) is 0 Å². The summed E-state index contributed by atoms with van der Waals surface area (Å²) in [6.45, 7) is 4.07. The van der Waals surface area contributed by atoms with Crippen LogP contribution < -0.4 is 10.4 Å². The van der Waals surface area contributed by atoms with Gasteiger partial charge in [0, 0.05) is 12.6 Å². The van der Waals surface area contributed by atoms with E-state index in [0.29, 0.717) is 31.0 Å². The number of sulfonamides is 1. The first-order valence-electron chi connectivity index (χ1n) is 6.17. The van der Waals surface area contributed by atoms with Crippen LogP contribution in [0.15, 0.2) is 21.3 Å². The van der Waals surface area contributed by atoms with E-state index in [1.54, 1.807) is 19.9 Å². The maximum atomic E-state index is 11.7. The van der Waals surface area contributed by atoms with Crippen LogP contribution in [0.5, 0.6) is 5.75 Å². The molecule has 0 radical (unpaired) electrons. The van der Waals surface area contributed by atoms with Gasteiger partial charge in [0.15, 0.2) is 0 Å². The minimum absolute atomic E-state index is 0.0910. The van der Waals surface area contributed by atoms with Crippen LogP contribution in [0, 0.1) is 6.92 Å². The number of hydrogen-bond acceptors (Lipinski definition) is 5. The predicted molar refractivity (Wildman–Crippen MR) is 69.8 cm³/mol. The molecule has 0 spiro atoms.